The van der Waals surface area contributed by atoms with Gasteiger partial charge in [0.05, 0.1) is 5.69 Å². The molecule has 2 aromatic carbocycles. The molecule has 3 amide bonds. The second-order valence-corrected chi connectivity index (χ2v) is 6.31. The van der Waals surface area contributed by atoms with Crippen molar-refractivity contribution in [2.24, 2.45) is 0 Å². The summed E-state index contributed by atoms with van der Waals surface area (Å²) in [6, 6.07) is 17.4. The molecule has 1 heterocycles. The highest BCUT2D eigenvalue weighted by molar-refractivity contribution is 5.94. The number of nitrogens with one attached hydrogen (secondary N) is 2. The first-order valence-corrected chi connectivity index (χ1v) is 8.61. The number of carbonyl (C=O) groups excluding carboxylic acids is 2. The number of para-hydroxylation sites is 1. The normalized spacial score (nSPS) is 17.0. The van der Waals surface area contributed by atoms with Crippen LogP contribution in [0.5, 0.6) is 0 Å². The van der Waals surface area contributed by atoms with E-state index in [0.29, 0.717) is 6.54 Å². The third-order valence-corrected chi connectivity index (χ3v) is 4.46. The van der Waals surface area contributed by atoms with E-state index in [1.807, 2.05) is 54.6 Å². The zero-order valence-electron chi connectivity index (χ0n) is 14.4. The van der Waals surface area contributed by atoms with Crippen molar-refractivity contribution < 1.29 is 9.59 Å². The van der Waals surface area contributed by atoms with Crippen molar-refractivity contribution in [3.05, 3.63) is 54.6 Å². The Bertz CT molecular complexity index is 746. The molecule has 1 saturated heterocycles. The number of hydrogen-bond donors (Lipinski definition) is 2. The molecule has 0 radical (unpaired) electrons. The average Bonchev–Trinajstić information content (AvgIpc) is 2.63. The topological polar surface area (TPSA) is 61.4 Å². The Balaban J connectivity index is 1.67. The molecule has 0 aromatic heterocycles. The molecular formula is C20H23N3O2. The number of hydrogen-bond acceptors (Lipinski definition) is 2. The molecule has 1 aliphatic rings. The highest BCUT2D eigenvalue weighted by Gasteiger charge is 2.23. The van der Waals surface area contributed by atoms with E-state index >= 15 is 0 Å². The minimum absolute atomic E-state index is 0.0125. The van der Waals surface area contributed by atoms with Crippen LogP contribution in [0.4, 0.5) is 10.5 Å². The van der Waals surface area contributed by atoms with Gasteiger partial charge in [0.2, 0.25) is 5.91 Å². The number of urea groups is 1. The van der Waals surface area contributed by atoms with Crippen LogP contribution < -0.4 is 10.6 Å². The maximum absolute atomic E-state index is 12.4. The Hall–Kier alpha value is -2.82. The van der Waals surface area contributed by atoms with Crippen LogP contribution in [-0.2, 0) is 4.79 Å². The highest BCUT2D eigenvalue weighted by atomic mass is 16.2. The van der Waals surface area contributed by atoms with Gasteiger partial charge in [0.1, 0.15) is 0 Å². The lowest BCUT2D eigenvalue weighted by atomic mass is 10.0. The van der Waals surface area contributed by atoms with Gasteiger partial charge in [-0.05, 0) is 24.5 Å². The van der Waals surface area contributed by atoms with Crippen LogP contribution in [0.3, 0.4) is 0 Å². The van der Waals surface area contributed by atoms with Crippen LogP contribution in [0.2, 0.25) is 0 Å². The molecule has 0 saturated carbocycles. The molecule has 2 aromatic rings. The van der Waals surface area contributed by atoms with Crippen molar-refractivity contribution >= 4 is 17.6 Å². The summed E-state index contributed by atoms with van der Waals surface area (Å²) in [5.41, 5.74) is 2.80. The van der Waals surface area contributed by atoms with E-state index < -0.39 is 0 Å². The Kier molecular flexibility index (Phi) is 5.33. The fourth-order valence-electron chi connectivity index (χ4n) is 3.19. The standard InChI is InChI=1S/C20H23N3O2/c1-15(24)23-13-7-10-17(14-23)21-20(25)22-19-12-6-5-11-18(19)16-8-3-2-4-9-16/h2-6,8-9,11-12,17H,7,10,13-14H2,1H3,(H2,21,22,25)/t17-/m0/s1. The van der Waals surface area contributed by atoms with E-state index in [4.69, 9.17) is 0 Å². The summed E-state index contributed by atoms with van der Waals surface area (Å²) in [5, 5.41) is 5.93. The van der Waals surface area contributed by atoms with Crippen LogP contribution >= 0.6 is 0 Å². The highest BCUT2D eigenvalue weighted by Crippen LogP contribution is 2.27. The van der Waals surface area contributed by atoms with Crippen molar-refractivity contribution in [3.63, 3.8) is 0 Å². The van der Waals surface area contributed by atoms with Gasteiger partial charge in [0.25, 0.3) is 0 Å². The summed E-state index contributed by atoms with van der Waals surface area (Å²) in [7, 11) is 0. The molecule has 0 unspecified atom stereocenters. The number of nitrogens with zero attached hydrogens (tertiary/aromatic N) is 1. The van der Waals surface area contributed by atoms with Gasteiger partial charge in [0.15, 0.2) is 0 Å². The van der Waals surface area contributed by atoms with E-state index in [9.17, 15) is 9.59 Å². The van der Waals surface area contributed by atoms with Crippen LogP contribution in [0.15, 0.2) is 54.6 Å². The molecule has 0 aliphatic carbocycles. The zero-order chi connectivity index (χ0) is 17.6. The Morgan fingerprint density at radius 2 is 1.76 bits per heavy atom. The average molecular weight is 337 g/mol. The smallest absolute Gasteiger partial charge is 0.319 e. The molecule has 130 valence electrons. The van der Waals surface area contributed by atoms with Crippen LogP contribution in [0.25, 0.3) is 11.1 Å². The van der Waals surface area contributed by atoms with E-state index in [1.54, 1.807) is 11.8 Å². The summed E-state index contributed by atoms with van der Waals surface area (Å²) in [6.45, 7) is 2.91. The predicted molar refractivity (Wildman–Crippen MR) is 99.3 cm³/mol. The number of piperidine rings is 1. The Morgan fingerprint density at radius 1 is 1.04 bits per heavy atom. The largest absolute Gasteiger partial charge is 0.341 e. The molecule has 5 heteroatoms. The lowest BCUT2D eigenvalue weighted by molar-refractivity contribution is -0.130. The number of rotatable bonds is 3. The number of likely N-dealkylation sites (tertiary alicyclic amines) is 1. The van der Waals surface area contributed by atoms with Gasteiger partial charge >= 0.3 is 6.03 Å². The molecule has 2 N–H and O–H groups in total. The fourth-order valence-corrected chi connectivity index (χ4v) is 3.19. The van der Waals surface area contributed by atoms with Crippen molar-refractivity contribution in [1.29, 1.82) is 0 Å². The van der Waals surface area contributed by atoms with Crippen molar-refractivity contribution in [2.45, 2.75) is 25.8 Å². The molecule has 1 fully saturated rings. The van der Waals surface area contributed by atoms with Crippen molar-refractivity contribution in [3.8, 4) is 11.1 Å². The summed E-state index contributed by atoms with van der Waals surface area (Å²) >= 11 is 0. The summed E-state index contributed by atoms with van der Waals surface area (Å²) in [4.78, 5) is 25.7. The number of carbonyl (C=O) groups is 2. The first-order valence-electron chi connectivity index (χ1n) is 8.61. The number of benzene rings is 2. The number of amides is 3. The first kappa shape index (κ1) is 17.0. The summed E-state index contributed by atoms with van der Waals surface area (Å²) in [5.74, 6) is 0.0568. The molecule has 0 bridgehead atoms. The lowest BCUT2D eigenvalue weighted by Crippen LogP contribution is -2.50. The maximum atomic E-state index is 12.4. The third kappa shape index (κ3) is 4.38. The van der Waals surface area contributed by atoms with Crippen LogP contribution in [0.1, 0.15) is 19.8 Å². The molecule has 1 aliphatic heterocycles. The second kappa shape index (κ2) is 7.83. The summed E-state index contributed by atoms with van der Waals surface area (Å²) in [6.07, 6.45) is 1.79. The van der Waals surface area contributed by atoms with Crippen LogP contribution in [-0.4, -0.2) is 36.0 Å². The SMILES string of the molecule is CC(=O)N1CCC[C@H](NC(=O)Nc2ccccc2-c2ccccc2)C1. The van der Waals surface area contributed by atoms with Gasteiger partial charge in [-0.25, -0.2) is 4.79 Å². The Morgan fingerprint density at radius 3 is 2.52 bits per heavy atom. The van der Waals surface area contributed by atoms with Crippen LogP contribution in [0, 0.1) is 0 Å². The van der Waals surface area contributed by atoms with E-state index in [0.717, 1.165) is 36.2 Å². The van der Waals surface area contributed by atoms with Gasteiger partial charge < -0.3 is 15.5 Å². The van der Waals surface area contributed by atoms with Gasteiger partial charge in [-0.3, -0.25) is 4.79 Å². The summed E-state index contributed by atoms with van der Waals surface area (Å²) < 4.78 is 0. The molecule has 5 nitrogen and oxygen atoms in total. The molecular weight excluding hydrogens is 314 g/mol. The lowest BCUT2D eigenvalue weighted by Gasteiger charge is -2.32. The quantitative estimate of drug-likeness (QED) is 0.901. The maximum Gasteiger partial charge on any atom is 0.319 e. The van der Waals surface area contributed by atoms with Gasteiger partial charge in [-0.2, -0.15) is 0 Å². The zero-order valence-corrected chi connectivity index (χ0v) is 14.4. The minimum Gasteiger partial charge on any atom is -0.341 e. The molecule has 25 heavy (non-hydrogen) atoms. The van der Waals surface area contributed by atoms with E-state index in [2.05, 4.69) is 10.6 Å². The second-order valence-electron chi connectivity index (χ2n) is 6.31. The fraction of sp³-hybridized carbons (Fsp3) is 0.300. The van der Waals surface area contributed by atoms with Gasteiger partial charge in [-0.15, -0.1) is 0 Å². The molecule has 0 spiro atoms. The minimum atomic E-state index is -0.237. The van der Waals surface area contributed by atoms with Gasteiger partial charge in [0, 0.05) is 31.6 Å². The number of anilines is 1. The predicted octanol–water partition coefficient (Wildman–Crippen LogP) is 3.49. The molecule has 3 rings (SSSR count). The Labute approximate surface area is 148 Å². The third-order valence-electron chi connectivity index (χ3n) is 4.46. The van der Waals surface area contributed by atoms with Gasteiger partial charge in [-0.1, -0.05) is 48.5 Å². The first-order chi connectivity index (χ1) is 12.1. The van der Waals surface area contributed by atoms with Crippen molar-refractivity contribution in [1.82, 2.24) is 10.2 Å². The van der Waals surface area contributed by atoms with E-state index in [1.165, 1.54) is 0 Å². The molecule has 1 atom stereocenters. The monoisotopic (exact) mass is 337 g/mol. The van der Waals surface area contributed by atoms with E-state index in [-0.39, 0.29) is 18.0 Å². The van der Waals surface area contributed by atoms with Crippen molar-refractivity contribution in [2.75, 3.05) is 18.4 Å².